The third-order valence-corrected chi connectivity index (χ3v) is 5.35. The van der Waals surface area contributed by atoms with Crippen LogP contribution in [0.15, 0.2) is 39.5 Å². The molecule has 0 aliphatic rings. The van der Waals surface area contributed by atoms with Crippen LogP contribution >= 0.6 is 15.9 Å². The zero-order valence-corrected chi connectivity index (χ0v) is 12.2. The number of furan rings is 1. The normalized spacial score (nSPS) is 11.8. The van der Waals surface area contributed by atoms with Gasteiger partial charge in [-0.2, -0.15) is 0 Å². The first-order chi connectivity index (χ1) is 7.48. The van der Waals surface area contributed by atoms with Crippen LogP contribution in [0.1, 0.15) is 0 Å². The van der Waals surface area contributed by atoms with Gasteiger partial charge in [-0.15, -0.1) is 0 Å². The summed E-state index contributed by atoms with van der Waals surface area (Å²) in [6.45, 7) is 6.89. The Labute approximate surface area is 105 Å². The highest BCUT2D eigenvalue weighted by Crippen LogP contribution is 2.24. The molecule has 0 radical (unpaired) electrons. The first kappa shape index (κ1) is 11.6. The van der Waals surface area contributed by atoms with E-state index in [4.69, 9.17) is 4.42 Å². The molecule has 2 aromatic heterocycles. The van der Waals surface area contributed by atoms with Crippen LogP contribution in [0.25, 0.3) is 11.5 Å². The summed E-state index contributed by atoms with van der Waals surface area (Å²) in [5.41, 5.74) is 0.882. The molecule has 0 fully saturated rings. The minimum absolute atomic E-state index is 0.838. The number of halogens is 1. The van der Waals surface area contributed by atoms with Gasteiger partial charge in [0.25, 0.3) is 0 Å². The lowest BCUT2D eigenvalue weighted by Gasteiger charge is -2.13. The fraction of sp³-hybridized carbons (Fsp3) is 0.250. The first-order valence-electron chi connectivity index (χ1n) is 5.20. The Morgan fingerprint density at radius 1 is 1.25 bits per heavy atom. The highest BCUT2D eigenvalue weighted by molar-refractivity contribution is 9.10. The molecular formula is C12H14BrNOSi. The van der Waals surface area contributed by atoms with Gasteiger partial charge >= 0.3 is 0 Å². The number of pyridine rings is 1. The van der Waals surface area contributed by atoms with Crippen molar-refractivity contribution in [2.45, 2.75) is 19.6 Å². The second-order valence-electron chi connectivity index (χ2n) is 4.76. The molecule has 84 valence electrons. The lowest BCUT2D eigenvalue weighted by atomic mass is 10.3. The summed E-state index contributed by atoms with van der Waals surface area (Å²) in [5, 5.41) is 1.30. The molecule has 2 heterocycles. The molecule has 0 spiro atoms. The van der Waals surface area contributed by atoms with Gasteiger partial charge < -0.3 is 4.42 Å². The number of aromatic nitrogens is 1. The number of nitrogens with zero attached hydrogens (tertiary/aromatic N) is 1. The van der Waals surface area contributed by atoms with Gasteiger partial charge in [0.1, 0.15) is 5.69 Å². The summed E-state index contributed by atoms with van der Waals surface area (Å²) in [7, 11) is -1.36. The van der Waals surface area contributed by atoms with Crippen molar-refractivity contribution in [1.82, 2.24) is 4.98 Å². The molecule has 2 aromatic rings. The molecule has 2 nitrogen and oxygen atoms in total. The lowest BCUT2D eigenvalue weighted by Crippen LogP contribution is -2.37. The monoisotopic (exact) mass is 295 g/mol. The van der Waals surface area contributed by atoms with Crippen LogP contribution in [0, 0.1) is 0 Å². The molecule has 2 rings (SSSR count). The van der Waals surface area contributed by atoms with Crippen molar-refractivity contribution in [2.75, 3.05) is 0 Å². The summed E-state index contributed by atoms with van der Waals surface area (Å²) in [6.07, 6.45) is 1.78. The summed E-state index contributed by atoms with van der Waals surface area (Å²) in [5.74, 6) is 0.838. The fourth-order valence-corrected chi connectivity index (χ4v) is 4.79. The van der Waals surface area contributed by atoms with E-state index in [1.807, 2.05) is 18.2 Å². The van der Waals surface area contributed by atoms with Crippen molar-refractivity contribution >= 4 is 29.2 Å². The van der Waals surface area contributed by atoms with Crippen LogP contribution in [0.3, 0.4) is 0 Å². The minimum Gasteiger partial charge on any atom is -0.448 e. The van der Waals surface area contributed by atoms with E-state index in [-0.39, 0.29) is 0 Å². The van der Waals surface area contributed by atoms with E-state index in [0.29, 0.717) is 0 Å². The topological polar surface area (TPSA) is 26.0 Å². The van der Waals surface area contributed by atoms with Crippen molar-refractivity contribution in [3.63, 3.8) is 0 Å². The van der Waals surface area contributed by atoms with E-state index in [1.54, 1.807) is 6.20 Å². The number of rotatable bonds is 2. The van der Waals surface area contributed by atoms with Crippen LogP contribution in [0.5, 0.6) is 0 Å². The van der Waals surface area contributed by atoms with E-state index in [0.717, 1.165) is 16.1 Å². The Kier molecular flexibility index (Phi) is 3.03. The second kappa shape index (κ2) is 4.18. The van der Waals surface area contributed by atoms with Gasteiger partial charge in [0.2, 0.25) is 0 Å². The molecule has 0 saturated heterocycles. The van der Waals surface area contributed by atoms with Gasteiger partial charge in [-0.25, -0.2) is 0 Å². The Bertz CT molecular complexity index is 487. The smallest absolute Gasteiger partial charge is 0.169 e. The lowest BCUT2D eigenvalue weighted by molar-refractivity contribution is 0.556. The Morgan fingerprint density at radius 2 is 2.00 bits per heavy atom. The fourth-order valence-electron chi connectivity index (χ4n) is 1.51. The maximum absolute atomic E-state index is 5.72. The molecule has 4 heteroatoms. The molecule has 0 amide bonds. The van der Waals surface area contributed by atoms with Crippen molar-refractivity contribution < 1.29 is 4.42 Å². The number of hydrogen-bond donors (Lipinski definition) is 0. The van der Waals surface area contributed by atoms with Crippen molar-refractivity contribution in [1.29, 1.82) is 0 Å². The number of hydrogen-bond acceptors (Lipinski definition) is 2. The molecule has 0 aliphatic heterocycles. The Morgan fingerprint density at radius 3 is 2.50 bits per heavy atom. The second-order valence-corrected chi connectivity index (χ2v) is 10.5. The summed E-state index contributed by atoms with van der Waals surface area (Å²) < 4.78 is 6.57. The molecule has 0 N–H and O–H groups in total. The van der Waals surface area contributed by atoms with Crippen LogP contribution < -0.4 is 5.19 Å². The van der Waals surface area contributed by atoms with Crippen molar-refractivity contribution in [3.05, 3.63) is 35.1 Å². The van der Waals surface area contributed by atoms with Crippen LogP contribution in [-0.4, -0.2) is 13.1 Å². The molecule has 0 aliphatic carbocycles. The standard InChI is InChI=1S/C12H14BrNOSi/c1-16(2,3)11-8-10(15-12(11)13)9-6-4-5-7-14-9/h4-8H,1-3H3. The van der Waals surface area contributed by atoms with E-state index >= 15 is 0 Å². The highest BCUT2D eigenvalue weighted by Gasteiger charge is 2.24. The summed E-state index contributed by atoms with van der Waals surface area (Å²) >= 11 is 3.49. The van der Waals surface area contributed by atoms with Crippen LogP contribution in [0.4, 0.5) is 0 Å². The largest absolute Gasteiger partial charge is 0.448 e. The van der Waals surface area contributed by atoms with E-state index in [9.17, 15) is 0 Å². The molecule has 16 heavy (non-hydrogen) atoms. The predicted molar refractivity (Wildman–Crippen MR) is 72.6 cm³/mol. The van der Waals surface area contributed by atoms with Gasteiger partial charge in [0.05, 0.1) is 8.07 Å². The first-order valence-corrected chi connectivity index (χ1v) is 9.49. The SMILES string of the molecule is C[Si](C)(C)c1cc(-c2ccccn2)oc1Br. The molecule has 0 aromatic carbocycles. The van der Waals surface area contributed by atoms with Gasteiger partial charge in [0.15, 0.2) is 10.4 Å². The van der Waals surface area contributed by atoms with Crippen LogP contribution in [-0.2, 0) is 0 Å². The molecular weight excluding hydrogens is 282 g/mol. The minimum atomic E-state index is -1.36. The van der Waals surface area contributed by atoms with Gasteiger partial charge in [-0.3, -0.25) is 4.98 Å². The van der Waals surface area contributed by atoms with Gasteiger partial charge in [-0.05, 0) is 39.3 Å². The molecule has 0 atom stereocenters. The maximum Gasteiger partial charge on any atom is 0.169 e. The van der Waals surface area contributed by atoms with E-state index in [2.05, 4.69) is 46.6 Å². The summed E-state index contributed by atoms with van der Waals surface area (Å²) in [6, 6.07) is 7.94. The molecule has 0 saturated carbocycles. The summed E-state index contributed by atoms with van der Waals surface area (Å²) in [4.78, 5) is 4.29. The molecule has 0 bridgehead atoms. The predicted octanol–water partition coefficient (Wildman–Crippen LogP) is 3.65. The van der Waals surface area contributed by atoms with E-state index < -0.39 is 8.07 Å². The zero-order valence-electron chi connectivity index (χ0n) is 9.62. The van der Waals surface area contributed by atoms with Gasteiger partial charge in [0, 0.05) is 6.20 Å². The Hall–Kier alpha value is -0.873. The van der Waals surface area contributed by atoms with Crippen molar-refractivity contribution in [3.8, 4) is 11.5 Å². The highest BCUT2D eigenvalue weighted by atomic mass is 79.9. The zero-order chi connectivity index (χ0) is 11.8. The molecule has 0 unspecified atom stereocenters. The Balaban J connectivity index is 2.47. The average molecular weight is 296 g/mol. The van der Waals surface area contributed by atoms with Gasteiger partial charge in [-0.1, -0.05) is 25.7 Å². The average Bonchev–Trinajstić information content (AvgIpc) is 2.61. The van der Waals surface area contributed by atoms with Crippen LogP contribution in [0.2, 0.25) is 19.6 Å². The quantitative estimate of drug-likeness (QED) is 0.791. The third-order valence-electron chi connectivity index (χ3n) is 2.41. The maximum atomic E-state index is 5.72. The van der Waals surface area contributed by atoms with Crippen molar-refractivity contribution in [2.24, 2.45) is 0 Å². The third kappa shape index (κ3) is 2.28. The van der Waals surface area contributed by atoms with E-state index in [1.165, 1.54) is 5.19 Å².